The first-order chi connectivity index (χ1) is 14.2. The molecule has 0 radical (unpaired) electrons. The fraction of sp³-hybridized carbons (Fsp3) is 0.125. The Morgan fingerprint density at radius 3 is 2.34 bits per heavy atom. The van der Waals surface area contributed by atoms with Crippen molar-refractivity contribution in [2.75, 3.05) is 19.5 Å². The molecule has 0 aliphatic carbocycles. The van der Waals surface area contributed by atoms with Gasteiger partial charge in [-0.05, 0) is 41.5 Å². The molecule has 29 heavy (non-hydrogen) atoms. The van der Waals surface area contributed by atoms with E-state index in [1.54, 1.807) is 32.4 Å². The van der Waals surface area contributed by atoms with E-state index in [4.69, 9.17) is 14.2 Å². The fourth-order valence-electron chi connectivity index (χ4n) is 2.74. The number of carbonyl (C=O) groups excluding carboxylic acids is 1. The molecule has 0 spiro atoms. The summed E-state index contributed by atoms with van der Waals surface area (Å²) in [6.07, 6.45) is 3.18. The van der Waals surface area contributed by atoms with Crippen LogP contribution >= 0.6 is 0 Å². The van der Waals surface area contributed by atoms with Crippen LogP contribution in [0.1, 0.15) is 11.1 Å². The number of benzene rings is 3. The first kappa shape index (κ1) is 20.0. The lowest BCUT2D eigenvalue weighted by molar-refractivity contribution is -0.111. The number of methoxy groups -OCH3 is 2. The number of anilines is 1. The molecule has 0 fully saturated rings. The average Bonchev–Trinajstić information content (AvgIpc) is 2.77. The van der Waals surface area contributed by atoms with E-state index in [0.29, 0.717) is 29.5 Å². The Hall–Kier alpha value is -3.73. The second kappa shape index (κ2) is 9.99. The van der Waals surface area contributed by atoms with E-state index in [2.05, 4.69) is 5.32 Å². The number of nitrogens with one attached hydrogen (secondary N) is 1. The van der Waals surface area contributed by atoms with Gasteiger partial charge < -0.3 is 19.5 Å². The van der Waals surface area contributed by atoms with Gasteiger partial charge >= 0.3 is 0 Å². The Balaban J connectivity index is 1.65. The maximum absolute atomic E-state index is 12.2. The van der Waals surface area contributed by atoms with Crippen molar-refractivity contribution >= 4 is 17.7 Å². The van der Waals surface area contributed by atoms with E-state index in [-0.39, 0.29) is 5.91 Å². The molecule has 0 bridgehead atoms. The lowest BCUT2D eigenvalue weighted by atomic mass is 10.2. The van der Waals surface area contributed by atoms with Crippen molar-refractivity contribution in [2.24, 2.45) is 0 Å². The predicted molar refractivity (Wildman–Crippen MR) is 114 cm³/mol. The standard InChI is InChI=1S/C24H23NO4/c1-27-21-11-7-6-10-20(21)25-24(26)15-13-18-12-14-22(23(16-18)28-2)29-17-19-8-4-3-5-9-19/h3-16H,17H2,1-2H3,(H,25,26)/b15-13+. The van der Waals surface area contributed by atoms with Crippen LogP contribution in [0.4, 0.5) is 5.69 Å². The van der Waals surface area contributed by atoms with Crippen LogP contribution in [0.3, 0.4) is 0 Å². The minimum absolute atomic E-state index is 0.252. The third-order valence-corrected chi connectivity index (χ3v) is 4.22. The largest absolute Gasteiger partial charge is 0.495 e. The zero-order valence-electron chi connectivity index (χ0n) is 16.4. The van der Waals surface area contributed by atoms with E-state index in [1.165, 1.54) is 6.08 Å². The molecule has 3 aromatic rings. The summed E-state index contributed by atoms with van der Waals surface area (Å²) in [4.78, 5) is 12.2. The number of ether oxygens (including phenoxy) is 3. The molecule has 0 atom stereocenters. The fourth-order valence-corrected chi connectivity index (χ4v) is 2.74. The number of hydrogen-bond donors (Lipinski definition) is 1. The molecule has 0 saturated heterocycles. The quantitative estimate of drug-likeness (QED) is 0.555. The Labute approximate surface area is 170 Å². The highest BCUT2D eigenvalue weighted by Gasteiger charge is 2.07. The Morgan fingerprint density at radius 2 is 1.59 bits per heavy atom. The molecule has 0 aliphatic rings. The van der Waals surface area contributed by atoms with Crippen molar-refractivity contribution in [3.63, 3.8) is 0 Å². The van der Waals surface area contributed by atoms with E-state index in [1.807, 2.05) is 60.7 Å². The molecule has 5 nitrogen and oxygen atoms in total. The molecule has 0 saturated carbocycles. The first-order valence-corrected chi connectivity index (χ1v) is 9.16. The van der Waals surface area contributed by atoms with Crippen molar-refractivity contribution in [3.05, 3.63) is 90.0 Å². The van der Waals surface area contributed by atoms with Crippen LogP contribution < -0.4 is 19.5 Å². The third-order valence-electron chi connectivity index (χ3n) is 4.22. The molecule has 0 aliphatic heterocycles. The van der Waals surface area contributed by atoms with Crippen LogP contribution in [-0.4, -0.2) is 20.1 Å². The predicted octanol–water partition coefficient (Wildman–Crippen LogP) is 4.93. The molecule has 1 N–H and O–H groups in total. The Morgan fingerprint density at radius 1 is 0.862 bits per heavy atom. The van der Waals surface area contributed by atoms with E-state index in [0.717, 1.165) is 11.1 Å². The van der Waals surface area contributed by atoms with E-state index in [9.17, 15) is 4.79 Å². The monoisotopic (exact) mass is 389 g/mol. The Kier molecular flexibility index (Phi) is 6.90. The van der Waals surface area contributed by atoms with Gasteiger partial charge in [-0.15, -0.1) is 0 Å². The normalized spacial score (nSPS) is 10.6. The van der Waals surface area contributed by atoms with Crippen molar-refractivity contribution in [1.29, 1.82) is 0 Å². The minimum atomic E-state index is -0.252. The molecule has 0 unspecified atom stereocenters. The van der Waals surface area contributed by atoms with Gasteiger partial charge in [-0.2, -0.15) is 0 Å². The van der Waals surface area contributed by atoms with Crippen molar-refractivity contribution in [2.45, 2.75) is 6.61 Å². The highest BCUT2D eigenvalue weighted by atomic mass is 16.5. The summed E-state index contributed by atoms with van der Waals surface area (Å²) < 4.78 is 16.5. The first-order valence-electron chi connectivity index (χ1n) is 9.16. The van der Waals surface area contributed by atoms with Crippen molar-refractivity contribution in [1.82, 2.24) is 0 Å². The van der Waals surface area contributed by atoms with Gasteiger partial charge in [-0.3, -0.25) is 4.79 Å². The molecule has 0 heterocycles. The van der Waals surface area contributed by atoms with Crippen LogP contribution in [0.2, 0.25) is 0 Å². The van der Waals surface area contributed by atoms with Gasteiger partial charge in [-0.25, -0.2) is 0 Å². The van der Waals surface area contributed by atoms with Crippen molar-refractivity contribution in [3.8, 4) is 17.2 Å². The van der Waals surface area contributed by atoms with E-state index < -0.39 is 0 Å². The molecule has 148 valence electrons. The SMILES string of the molecule is COc1ccccc1NC(=O)/C=C/c1ccc(OCc2ccccc2)c(OC)c1. The molecule has 3 rings (SSSR count). The molecule has 3 aromatic carbocycles. The summed E-state index contributed by atoms with van der Waals surface area (Å²) >= 11 is 0. The molecular weight excluding hydrogens is 366 g/mol. The zero-order chi connectivity index (χ0) is 20.5. The highest BCUT2D eigenvalue weighted by molar-refractivity contribution is 6.02. The summed E-state index contributed by atoms with van der Waals surface area (Å²) in [5.74, 6) is 1.61. The van der Waals surface area contributed by atoms with E-state index >= 15 is 0 Å². The van der Waals surface area contributed by atoms with Crippen LogP contribution in [0.15, 0.2) is 78.9 Å². The number of rotatable bonds is 8. The number of amides is 1. The van der Waals surface area contributed by atoms with Gasteiger partial charge in [0.05, 0.1) is 19.9 Å². The number of hydrogen-bond acceptors (Lipinski definition) is 4. The van der Waals surface area contributed by atoms with Gasteiger partial charge in [-0.1, -0.05) is 48.5 Å². The van der Waals surface area contributed by atoms with Crippen LogP contribution in [0.5, 0.6) is 17.2 Å². The zero-order valence-corrected chi connectivity index (χ0v) is 16.4. The summed E-state index contributed by atoms with van der Waals surface area (Å²) in [6, 6.07) is 22.7. The van der Waals surface area contributed by atoms with Gasteiger partial charge in [0.1, 0.15) is 12.4 Å². The van der Waals surface area contributed by atoms with Crippen LogP contribution in [0, 0.1) is 0 Å². The lowest BCUT2D eigenvalue weighted by Crippen LogP contribution is -2.08. The van der Waals surface area contributed by atoms with Gasteiger partial charge in [0, 0.05) is 6.08 Å². The molecule has 0 aromatic heterocycles. The second-order valence-electron chi connectivity index (χ2n) is 6.21. The third kappa shape index (κ3) is 5.62. The second-order valence-corrected chi connectivity index (χ2v) is 6.21. The summed E-state index contributed by atoms with van der Waals surface area (Å²) in [5, 5.41) is 2.80. The molecule has 1 amide bonds. The molecular formula is C24H23NO4. The summed E-state index contributed by atoms with van der Waals surface area (Å²) in [6.45, 7) is 0.452. The number of carbonyl (C=O) groups is 1. The molecule has 5 heteroatoms. The maximum Gasteiger partial charge on any atom is 0.248 e. The van der Waals surface area contributed by atoms with Gasteiger partial charge in [0.2, 0.25) is 5.91 Å². The maximum atomic E-state index is 12.2. The average molecular weight is 389 g/mol. The smallest absolute Gasteiger partial charge is 0.248 e. The van der Waals surface area contributed by atoms with Crippen LogP contribution in [0.25, 0.3) is 6.08 Å². The minimum Gasteiger partial charge on any atom is -0.495 e. The number of para-hydroxylation sites is 2. The lowest BCUT2D eigenvalue weighted by Gasteiger charge is -2.11. The van der Waals surface area contributed by atoms with Gasteiger partial charge in [0.25, 0.3) is 0 Å². The highest BCUT2D eigenvalue weighted by Crippen LogP contribution is 2.29. The Bertz CT molecular complexity index is 983. The summed E-state index contributed by atoms with van der Waals surface area (Å²) in [5.41, 5.74) is 2.52. The van der Waals surface area contributed by atoms with Crippen LogP contribution in [-0.2, 0) is 11.4 Å². The summed E-state index contributed by atoms with van der Waals surface area (Å²) in [7, 11) is 3.15. The topological polar surface area (TPSA) is 56.8 Å². The van der Waals surface area contributed by atoms with Crippen molar-refractivity contribution < 1.29 is 19.0 Å². The van der Waals surface area contributed by atoms with Gasteiger partial charge in [0.15, 0.2) is 11.5 Å².